The fraction of sp³-hybridized carbons (Fsp3) is 0.765. The molecule has 1 aliphatic carbocycles. The fourth-order valence-corrected chi connectivity index (χ4v) is 7.68. The molecular weight excluding hydrogens is 578 g/mol. The van der Waals surface area contributed by atoms with Gasteiger partial charge in [-0.05, 0) is 49.8 Å². The lowest BCUT2D eigenvalue weighted by Gasteiger charge is -2.33. The summed E-state index contributed by atoms with van der Waals surface area (Å²) in [7, 11) is -3.51. The molecule has 44 heavy (non-hydrogen) atoms. The van der Waals surface area contributed by atoms with E-state index in [1.54, 1.807) is 6.92 Å². The van der Waals surface area contributed by atoms with Crippen molar-refractivity contribution in [2.75, 3.05) is 37.7 Å². The van der Waals surface area contributed by atoms with Crippen molar-refractivity contribution in [1.29, 1.82) is 0 Å². The zero-order valence-electron chi connectivity index (χ0n) is 27.7. The molecule has 1 unspecified atom stereocenters. The summed E-state index contributed by atoms with van der Waals surface area (Å²) in [6.45, 7) is 11.6. The van der Waals surface area contributed by atoms with Crippen molar-refractivity contribution >= 4 is 21.7 Å². The average Bonchev–Trinajstić information content (AvgIpc) is 2.99. The first-order chi connectivity index (χ1) is 20.8. The fourth-order valence-electron chi connectivity index (χ4n) is 6.10. The Morgan fingerprint density at radius 2 is 1.61 bits per heavy atom. The number of aliphatic hydroxyl groups excluding tert-OH is 2. The topological polar surface area (TPSA) is 136 Å². The van der Waals surface area contributed by atoms with Crippen LogP contribution in [0.4, 0.5) is 0 Å². The van der Waals surface area contributed by atoms with Gasteiger partial charge in [0.25, 0.3) is 0 Å². The van der Waals surface area contributed by atoms with Gasteiger partial charge in [-0.15, -0.1) is 0 Å². The number of amides is 2. The first-order valence-corrected chi connectivity index (χ1v) is 18.6. The Morgan fingerprint density at radius 1 is 0.977 bits per heavy atom. The molecule has 1 aliphatic rings. The average molecular weight is 638 g/mol. The molecule has 0 spiro atoms. The van der Waals surface area contributed by atoms with Gasteiger partial charge < -0.3 is 25.7 Å². The number of nitrogens with zero attached hydrogens (tertiary/aromatic N) is 1. The first kappa shape index (κ1) is 38.2. The van der Waals surface area contributed by atoms with Gasteiger partial charge in [0.05, 0.1) is 35.5 Å². The molecule has 0 heterocycles. The Morgan fingerprint density at radius 3 is 2.20 bits per heavy atom. The molecule has 0 radical (unpaired) electrons. The van der Waals surface area contributed by atoms with E-state index in [1.165, 1.54) is 6.42 Å². The van der Waals surface area contributed by atoms with E-state index in [2.05, 4.69) is 10.6 Å². The normalized spacial score (nSPS) is 18.0. The van der Waals surface area contributed by atoms with Crippen molar-refractivity contribution in [2.45, 2.75) is 104 Å². The standard InChI is InChI=1S/C34H59N3O6S/c1-6-37(7-2)18-19-44(42,43)24-29(21-27-14-10-8-11-15-27)34(41)35-23-26(5)33(40)36-30(22-28-16-12-9-13-17-28)32(39)31(38)20-25(3)4/h8,10-11,14-15,25-26,28-32,38-39H,6-7,9,12-13,16-24H2,1-5H3,(H,35,41)(H,36,40)/t26-,29?,30+,31+,32-/m1/s1. The second-order valence-electron chi connectivity index (χ2n) is 13.2. The summed E-state index contributed by atoms with van der Waals surface area (Å²) in [4.78, 5) is 28.7. The minimum Gasteiger partial charge on any atom is -0.390 e. The van der Waals surface area contributed by atoms with Gasteiger partial charge >= 0.3 is 0 Å². The molecular formula is C34H59N3O6S. The van der Waals surface area contributed by atoms with Crippen molar-refractivity contribution in [3.63, 3.8) is 0 Å². The number of carbonyl (C=O) groups excluding carboxylic acids is 2. The van der Waals surface area contributed by atoms with Crippen LogP contribution in [0.25, 0.3) is 0 Å². The lowest BCUT2D eigenvalue weighted by atomic mass is 9.82. The maximum atomic E-state index is 13.4. The number of hydrogen-bond donors (Lipinski definition) is 4. The van der Waals surface area contributed by atoms with Crippen molar-refractivity contribution in [3.8, 4) is 0 Å². The van der Waals surface area contributed by atoms with Gasteiger partial charge in [-0.3, -0.25) is 9.59 Å². The van der Waals surface area contributed by atoms with E-state index >= 15 is 0 Å². The number of sulfone groups is 1. The number of nitrogens with one attached hydrogen (secondary N) is 2. The number of carbonyl (C=O) groups is 2. The molecule has 5 atom stereocenters. The van der Waals surface area contributed by atoms with Gasteiger partial charge in [0.15, 0.2) is 9.84 Å². The van der Waals surface area contributed by atoms with E-state index < -0.39 is 45.8 Å². The highest BCUT2D eigenvalue weighted by molar-refractivity contribution is 7.91. The molecule has 0 saturated heterocycles. The molecule has 1 fully saturated rings. The maximum absolute atomic E-state index is 13.4. The van der Waals surface area contributed by atoms with Gasteiger partial charge in [-0.1, -0.05) is 97.1 Å². The van der Waals surface area contributed by atoms with Gasteiger partial charge in [-0.25, -0.2) is 8.42 Å². The molecule has 252 valence electrons. The van der Waals surface area contributed by atoms with Crippen molar-refractivity contribution in [3.05, 3.63) is 35.9 Å². The van der Waals surface area contributed by atoms with Crippen LogP contribution in [0.3, 0.4) is 0 Å². The molecule has 0 aliphatic heterocycles. The number of aliphatic hydroxyl groups is 2. The van der Waals surface area contributed by atoms with Gasteiger partial charge in [0.2, 0.25) is 11.8 Å². The third-order valence-corrected chi connectivity index (χ3v) is 10.7. The Kier molecular flexibility index (Phi) is 16.9. The quantitative estimate of drug-likeness (QED) is 0.172. The molecule has 2 amide bonds. The van der Waals surface area contributed by atoms with Crippen LogP contribution in [0.15, 0.2) is 30.3 Å². The van der Waals surface area contributed by atoms with E-state index in [9.17, 15) is 28.2 Å². The molecule has 1 aromatic carbocycles. The van der Waals surface area contributed by atoms with Crippen LogP contribution in [-0.4, -0.2) is 91.3 Å². The van der Waals surface area contributed by atoms with Crippen LogP contribution in [0, 0.1) is 23.7 Å². The van der Waals surface area contributed by atoms with E-state index in [1.807, 2.05) is 62.9 Å². The number of benzene rings is 1. The molecule has 0 aromatic heterocycles. The Bertz CT molecular complexity index is 1070. The Hall–Kier alpha value is -2.01. The van der Waals surface area contributed by atoms with Crippen LogP contribution in [0.5, 0.6) is 0 Å². The third-order valence-electron chi connectivity index (χ3n) is 8.95. The minimum atomic E-state index is -3.51. The van der Waals surface area contributed by atoms with Crippen LogP contribution in [0.1, 0.15) is 85.1 Å². The first-order valence-electron chi connectivity index (χ1n) is 16.8. The van der Waals surface area contributed by atoms with Gasteiger partial charge in [0, 0.05) is 13.1 Å². The summed E-state index contributed by atoms with van der Waals surface area (Å²) in [5.41, 5.74) is 0.872. The van der Waals surface area contributed by atoms with E-state index in [0.29, 0.717) is 25.3 Å². The summed E-state index contributed by atoms with van der Waals surface area (Å²) in [6, 6.07) is 8.78. The van der Waals surface area contributed by atoms with Crippen LogP contribution >= 0.6 is 0 Å². The summed E-state index contributed by atoms with van der Waals surface area (Å²) >= 11 is 0. The summed E-state index contributed by atoms with van der Waals surface area (Å²) in [5, 5.41) is 27.5. The minimum absolute atomic E-state index is 0.0145. The largest absolute Gasteiger partial charge is 0.390 e. The lowest BCUT2D eigenvalue weighted by Crippen LogP contribution is -2.52. The molecule has 1 aromatic rings. The van der Waals surface area contributed by atoms with Crippen LogP contribution < -0.4 is 10.6 Å². The van der Waals surface area contributed by atoms with E-state index in [4.69, 9.17) is 0 Å². The van der Waals surface area contributed by atoms with Gasteiger partial charge in [0.1, 0.15) is 6.10 Å². The second-order valence-corrected chi connectivity index (χ2v) is 15.4. The second kappa shape index (κ2) is 19.5. The highest BCUT2D eigenvalue weighted by atomic mass is 32.2. The third kappa shape index (κ3) is 14.0. The van der Waals surface area contributed by atoms with E-state index in [-0.39, 0.29) is 36.3 Å². The van der Waals surface area contributed by atoms with Crippen molar-refractivity contribution < 1.29 is 28.2 Å². The molecule has 2 rings (SSSR count). The molecule has 10 heteroatoms. The van der Waals surface area contributed by atoms with E-state index in [0.717, 1.165) is 44.3 Å². The molecule has 9 nitrogen and oxygen atoms in total. The Balaban J connectivity index is 2.07. The Labute approximate surface area is 266 Å². The van der Waals surface area contributed by atoms with Gasteiger partial charge in [-0.2, -0.15) is 0 Å². The van der Waals surface area contributed by atoms with Crippen LogP contribution in [0.2, 0.25) is 0 Å². The summed E-state index contributed by atoms with van der Waals surface area (Å²) in [6.07, 6.45) is 4.85. The predicted molar refractivity (Wildman–Crippen MR) is 177 cm³/mol. The molecule has 1 saturated carbocycles. The van der Waals surface area contributed by atoms with Crippen molar-refractivity contribution in [1.82, 2.24) is 15.5 Å². The number of rotatable bonds is 20. The molecule has 4 N–H and O–H groups in total. The monoisotopic (exact) mass is 637 g/mol. The predicted octanol–water partition coefficient (Wildman–Crippen LogP) is 3.58. The van der Waals surface area contributed by atoms with Crippen LogP contribution in [-0.2, 0) is 25.8 Å². The summed E-state index contributed by atoms with van der Waals surface area (Å²) in [5.74, 6) is -1.81. The highest BCUT2D eigenvalue weighted by Gasteiger charge is 2.32. The zero-order chi connectivity index (χ0) is 32.7. The SMILES string of the molecule is CCN(CC)CCS(=O)(=O)CC(Cc1ccccc1)C(=O)NC[C@@H](C)C(=O)N[C@@H](CC1CCCCC1)[C@@H](O)[C@@H](O)CC(C)C. The van der Waals surface area contributed by atoms with Crippen molar-refractivity contribution in [2.24, 2.45) is 23.7 Å². The smallest absolute Gasteiger partial charge is 0.224 e. The lowest BCUT2D eigenvalue weighted by molar-refractivity contribution is -0.128. The summed E-state index contributed by atoms with van der Waals surface area (Å²) < 4.78 is 26.1. The highest BCUT2D eigenvalue weighted by Crippen LogP contribution is 2.29. The number of hydrogen-bond acceptors (Lipinski definition) is 7. The zero-order valence-corrected chi connectivity index (χ0v) is 28.5. The maximum Gasteiger partial charge on any atom is 0.224 e. The molecule has 0 bridgehead atoms.